The predicted octanol–water partition coefficient (Wildman–Crippen LogP) is 3.57. The van der Waals surface area contributed by atoms with E-state index in [9.17, 15) is 0 Å². The van der Waals surface area contributed by atoms with E-state index in [2.05, 4.69) is 27.7 Å². The lowest BCUT2D eigenvalue weighted by atomic mass is 10.3. The lowest BCUT2D eigenvalue weighted by molar-refractivity contribution is -0.921. The van der Waals surface area contributed by atoms with Crippen LogP contribution in [0.4, 0.5) is 0 Å². The van der Waals surface area contributed by atoms with Crippen molar-refractivity contribution in [3.8, 4) is 0 Å². The van der Waals surface area contributed by atoms with Gasteiger partial charge in [0.1, 0.15) is 0 Å². The van der Waals surface area contributed by atoms with Gasteiger partial charge >= 0.3 is 0 Å². The van der Waals surface area contributed by atoms with Crippen molar-refractivity contribution in [1.82, 2.24) is 0 Å². The molecule has 0 amide bonds. The highest BCUT2D eigenvalue weighted by atomic mass is 15.3. The first-order chi connectivity index (χ1) is 7.24. The molecule has 0 bridgehead atoms. The van der Waals surface area contributed by atoms with Crippen LogP contribution in [0.25, 0.3) is 0 Å². The van der Waals surface area contributed by atoms with Gasteiger partial charge in [-0.2, -0.15) is 0 Å². The molecule has 1 heteroatoms. The number of nitrogens with zero attached hydrogens (tertiary/aromatic N) is 1. The summed E-state index contributed by atoms with van der Waals surface area (Å²) in [5.41, 5.74) is 0. The van der Waals surface area contributed by atoms with Crippen molar-refractivity contribution in [3.63, 3.8) is 0 Å². The normalized spacial score (nSPS) is 10.4. The molecule has 0 heterocycles. The number of quaternary nitrogens is 1. The Labute approximate surface area is 95.3 Å². The predicted molar refractivity (Wildman–Crippen MR) is 68.9 cm³/mol. The summed E-state index contributed by atoms with van der Waals surface area (Å²) < 4.78 is 1.28. The van der Waals surface area contributed by atoms with Crippen LogP contribution in [0.5, 0.6) is 0 Å². The van der Waals surface area contributed by atoms with Crippen LogP contribution in [0, 0.1) is 0 Å². The summed E-state index contributed by atoms with van der Waals surface area (Å²) in [6.45, 7) is 14.2. The van der Waals surface area contributed by atoms with Gasteiger partial charge in [-0.05, 0) is 27.7 Å². The van der Waals surface area contributed by atoms with Gasteiger partial charge < -0.3 is 4.48 Å². The van der Waals surface area contributed by atoms with Crippen molar-refractivity contribution in [3.05, 3.63) is 36.4 Å². The molecule has 1 rings (SSSR count). The van der Waals surface area contributed by atoms with E-state index in [0.29, 0.717) is 0 Å². The Balaban J connectivity index is 0.000000280. The molecule has 0 unspecified atom stereocenters. The number of benzene rings is 1. The quantitative estimate of drug-likeness (QED) is 0.664. The van der Waals surface area contributed by atoms with E-state index in [1.165, 1.54) is 30.7 Å². The molecule has 0 aromatic heterocycles. The molecule has 0 N–H and O–H groups in total. The average molecular weight is 208 g/mol. The second-order valence-corrected chi connectivity index (χ2v) is 3.76. The SMILES string of the molecule is CC[N+](CC)(CC)CC.c1ccccc1. The van der Waals surface area contributed by atoms with Gasteiger partial charge in [0.2, 0.25) is 0 Å². The van der Waals surface area contributed by atoms with Crippen LogP contribution in [0.3, 0.4) is 0 Å². The Bertz CT molecular complexity index is 170. The van der Waals surface area contributed by atoms with Crippen LogP contribution in [0.15, 0.2) is 36.4 Å². The van der Waals surface area contributed by atoms with Gasteiger partial charge in [0.25, 0.3) is 0 Å². The summed E-state index contributed by atoms with van der Waals surface area (Å²) in [5.74, 6) is 0. The van der Waals surface area contributed by atoms with Gasteiger partial charge in [0, 0.05) is 0 Å². The second-order valence-electron chi connectivity index (χ2n) is 3.76. The summed E-state index contributed by atoms with van der Waals surface area (Å²) in [4.78, 5) is 0. The second kappa shape index (κ2) is 8.49. The third-order valence-corrected chi connectivity index (χ3v) is 3.35. The van der Waals surface area contributed by atoms with Gasteiger partial charge in [-0.25, -0.2) is 0 Å². The molecular weight excluding hydrogens is 182 g/mol. The van der Waals surface area contributed by atoms with E-state index in [-0.39, 0.29) is 0 Å². The fourth-order valence-electron chi connectivity index (χ4n) is 1.73. The summed E-state index contributed by atoms with van der Waals surface area (Å²) >= 11 is 0. The Hall–Kier alpha value is -0.820. The number of rotatable bonds is 4. The van der Waals surface area contributed by atoms with E-state index in [1.807, 2.05) is 36.4 Å². The monoisotopic (exact) mass is 208 g/mol. The van der Waals surface area contributed by atoms with Crippen molar-refractivity contribution in [2.75, 3.05) is 26.2 Å². The Kier molecular flexibility index (Phi) is 8.02. The van der Waals surface area contributed by atoms with Gasteiger partial charge in [-0.3, -0.25) is 0 Å². The molecule has 1 aromatic rings. The Morgan fingerprint density at radius 1 is 0.533 bits per heavy atom. The summed E-state index contributed by atoms with van der Waals surface area (Å²) in [5, 5.41) is 0. The molecule has 1 aromatic carbocycles. The van der Waals surface area contributed by atoms with E-state index < -0.39 is 0 Å². The lowest BCUT2D eigenvalue weighted by Crippen LogP contribution is -2.47. The van der Waals surface area contributed by atoms with Crippen LogP contribution in [0.1, 0.15) is 27.7 Å². The third-order valence-electron chi connectivity index (χ3n) is 3.35. The van der Waals surface area contributed by atoms with E-state index in [0.717, 1.165) is 0 Å². The summed E-state index contributed by atoms with van der Waals surface area (Å²) in [6.07, 6.45) is 0. The lowest BCUT2D eigenvalue weighted by Gasteiger charge is -2.34. The van der Waals surface area contributed by atoms with Crippen molar-refractivity contribution >= 4 is 0 Å². The maximum atomic E-state index is 2.27. The van der Waals surface area contributed by atoms with Gasteiger partial charge in [0.15, 0.2) is 0 Å². The van der Waals surface area contributed by atoms with Crippen molar-refractivity contribution in [2.24, 2.45) is 0 Å². The van der Waals surface area contributed by atoms with E-state index in [4.69, 9.17) is 0 Å². The van der Waals surface area contributed by atoms with Gasteiger partial charge in [-0.15, -0.1) is 0 Å². The third kappa shape index (κ3) is 5.58. The first-order valence-corrected chi connectivity index (χ1v) is 6.09. The fourth-order valence-corrected chi connectivity index (χ4v) is 1.73. The number of hydrogen-bond donors (Lipinski definition) is 0. The summed E-state index contributed by atoms with van der Waals surface area (Å²) in [6, 6.07) is 12.0. The Morgan fingerprint density at radius 3 is 0.800 bits per heavy atom. The molecular formula is C14H26N+. The molecule has 0 aliphatic heterocycles. The van der Waals surface area contributed by atoms with Crippen LogP contribution < -0.4 is 0 Å². The minimum atomic E-state index is 1.28. The topological polar surface area (TPSA) is 0 Å². The largest absolute Gasteiger partial charge is 0.325 e. The maximum absolute atomic E-state index is 2.27. The smallest absolute Gasteiger partial charge is 0.0757 e. The zero-order valence-electron chi connectivity index (χ0n) is 10.7. The van der Waals surface area contributed by atoms with Crippen LogP contribution >= 0.6 is 0 Å². The van der Waals surface area contributed by atoms with Crippen molar-refractivity contribution in [2.45, 2.75) is 27.7 Å². The van der Waals surface area contributed by atoms with Crippen LogP contribution in [-0.2, 0) is 0 Å². The van der Waals surface area contributed by atoms with Gasteiger partial charge in [-0.1, -0.05) is 36.4 Å². The van der Waals surface area contributed by atoms with Gasteiger partial charge in [0.05, 0.1) is 26.2 Å². The molecule has 0 atom stereocenters. The highest BCUT2D eigenvalue weighted by molar-refractivity contribution is 4.99. The van der Waals surface area contributed by atoms with Crippen LogP contribution in [0.2, 0.25) is 0 Å². The van der Waals surface area contributed by atoms with Crippen molar-refractivity contribution < 1.29 is 4.48 Å². The fraction of sp³-hybridized carbons (Fsp3) is 0.571. The van der Waals surface area contributed by atoms with E-state index >= 15 is 0 Å². The minimum absolute atomic E-state index is 1.28. The highest BCUT2D eigenvalue weighted by Gasteiger charge is 2.16. The number of hydrogen-bond acceptors (Lipinski definition) is 0. The molecule has 0 aliphatic carbocycles. The molecule has 0 saturated carbocycles. The molecule has 0 saturated heterocycles. The standard InChI is InChI=1S/C8H20N.C6H6/c1-5-9(6-2,7-3)8-4;1-2-4-6-5-3-1/h5-8H2,1-4H3;1-6H/q+1;. The molecule has 86 valence electrons. The molecule has 0 radical (unpaired) electrons. The molecule has 0 aliphatic rings. The highest BCUT2D eigenvalue weighted by Crippen LogP contribution is 2.03. The minimum Gasteiger partial charge on any atom is -0.325 e. The zero-order chi connectivity index (χ0) is 11.6. The first-order valence-electron chi connectivity index (χ1n) is 6.09. The van der Waals surface area contributed by atoms with E-state index in [1.54, 1.807) is 0 Å². The molecule has 0 spiro atoms. The zero-order valence-corrected chi connectivity index (χ0v) is 10.7. The van der Waals surface area contributed by atoms with Crippen LogP contribution in [-0.4, -0.2) is 30.7 Å². The first kappa shape index (κ1) is 14.2. The molecule has 15 heavy (non-hydrogen) atoms. The van der Waals surface area contributed by atoms with Crippen molar-refractivity contribution in [1.29, 1.82) is 0 Å². The maximum Gasteiger partial charge on any atom is 0.0757 e. The Morgan fingerprint density at radius 2 is 0.733 bits per heavy atom. The average Bonchev–Trinajstić information content (AvgIpc) is 2.36. The summed E-state index contributed by atoms with van der Waals surface area (Å²) in [7, 11) is 0. The molecule has 0 fully saturated rings. The molecule has 1 nitrogen and oxygen atoms in total.